The second kappa shape index (κ2) is 9.28. The van der Waals surface area contributed by atoms with Gasteiger partial charge in [-0.3, -0.25) is 14.4 Å². The molecule has 8 nitrogen and oxygen atoms in total. The molecule has 0 unspecified atom stereocenters. The van der Waals surface area contributed by atoms with Gasteiger partial charge < -0.3 is 10.1 Å². The number of benzene rings is 2. The number of nitrogens with zero attached hydrogens (tertiary/aromatic N) is 3. The molecule has 29 heavy (non-hydrogen) atoms. The number of aromatic nitrogens is 3. The Hall–Kier alpha value is -3.27. The second-order valence-electron chi connectivity index (χ2n) is 6.01. The summed E-state index contributed by atoms with van der Waals surface area (Å²) >= 11 is 1.07. The number of fused-ring (bicyclic) bond motifs is 1. The van der Waals surface area contributed by atoms with Crippen LogP contribution >= 0.6 is 11.8 Å². The molecule has 1 atom stereocenters. The molecule has 0 saturated carbocycles. The largest absolute Gasteiger partial charge is 0.441 e. The van der Waals surface area contributed by atoms with Gasteiger partial charge in [0.1, 0.15) is 16.6 Å². The van der Waals surface area contributed by atoms with Crippen LogP contribution in [-0.2, 0) is 21.1 Å². The van der Waals surface area contributed by atoms with Gasteiger partial charge in [0.05, 0.1) is 11.1 Å². The first-order valence-corrected chi connectivity index (χ1v) is 9.65. The first-order chi connectivity index (χ1) is 13.9. The van der Waals surface area contributed by atoms with Crippen molar-refractivity contribution in [2.24, 2.45) is 0 Å². The van der Waals surface area contributed by atoms with E-state index in [0.29, 0.717) is 16.6 Å². The minimum atomic E-state index is -0.641. The molecule has 0 aliphatic rings. The van der Waals surface area contributed by atoms with Crippen LogP contribution in [0.25, 0.3) is 10.9 Å². The lowest BCUT2D eigenvalue weighted by Gasteiger charge is -2.12. The highest BCUT2D eigenvalue weighted by Gasteiger charge is 2.18. The van der Waals surface area contributed by atoms with Crippen LogP contribution in [0.2, 0.25) is 0 Å². The topological polar surface area (TPSA) is 103 Å². The fourth-order valence-corrected chi connectivity index (χ4v) is 3.03. The number of carbonyl (C=O) groups excluding carboxylic acids is 2. The Kier molecular flexibility index (Phi) is 6.55. The number of anilines is 1. The molecule has 1 aromatic heterocycles. The number of hydrogen-bond donors (Lipinski definition) is 1. The number of esters is 1. The quantitative estimate of drug-likeness (QED) is 0.589. The van der Waals surface area contributed by atoms with Gasteiger partial charge in [-0.15, -0.1) is 16.9 Å². The van der Waals surface area contributed by atoms with E-state index in [4.69, 9.17) is 4.74 Å². The Morgan fingerprint density at radius 1 is 1.21 bits per heavy atom. The summed E-state index contributed by atoms with van der Waals surface area (Å²) in [5.74, 6) is -1.32. The molecule has 0 fully saturated rings. The fraction of sp³-hybridized carbons (Fsp3) is 0.211. The van der Waals surface area contributed by atoms with Gasteiger partial charge in [0, 0.05) is 5.69 Å². The van der Waals surface area contributed by atoms with Gasteiger partial charge >= 0.3 is 5.97 Å². The molecule has 0 aliphatic heterocycles. The summed E-state index contributed by atoms with van der Waals surface area (Å²) in [6, 6.07) is 12.1. The molecule has 0 bridgehead atoms. The molecule has 1 heterocycles. The zero-order chi connectivity index (χ0) is 20.8. The Bertz CT molecular complexity index is 1090. The minimum Gasteiger partial charge on any atom is -0.441 e. The number of carbonyl (C=O) groups is 2. The highest BCUT2D eigenvalue weighted by molar-refractivity contribution is 8.01. The molecule has 0 aliphatic carbocycles. The van der Waals surface area contributed by atoms with Crippen LogP contribution in [0.15, 0.2) is 53.3 Å². The Morgan fingerprint density at radius 2 is 1.93 bits per heavy atom. The molecule has 150 valence electrons. The third kappa shape index (κ3) is 5.38. The molecule has 3 aromatic rings. The van der Waals surface area contributed by atoms with Gasteiger partial charge in [-0.05, 0) is 43.3 Å². The number of hydrogen-bond acceptors (Lipinski definition) is 7. The van der Waals surface area contributed by atoms with Crippen LogP contribution in [0.5, 0.6) is 0 Å². The van der Waals surface area contributed by atoms with Crippen LogP contribution in [0.1, 0.15) is 6.92 Å². The van der Waals surface area contributed by atoms with Crippen molar-refractivity contribution in [1.82, 2.24) is 15.0 Å². The van der Waals surface area contributed by atoms with Crippen LogP contribution in [-0.4, -0.2) is 37.9 Å². The Morgan fingerprint density at radius 3 is 2.69 bits per heavy atom. The van der Waals surface area contributed by atoms with E-state index in [1.54, 1.807) is 31.2 Å². The predicted molar refractivity (Wildman–Crippen MR) is 107 cm³/mol. The van der Waals surface area contributed by atoms with Crippen molar-refractivity contribution < 1.29 is 18.7 Å². The van der Waals surface area contributed by atoms with E-state index in [-0.39, 0.29) is 18.4 Å². The van der Waals surface area contributed by atoms with Crippen LogP contribution in [0.3, 0.4) is 0 Å². The molecule has 0 saturated heterocycles. The third-order valence-electron chi connectivity index (χ3n) is 3.88. The standard InChI is InChI=1S/C19H17FN4O4S/c1-12(29-10-17(25)21-14-8-6-13(20)7-9-14)19(27)28-11-24-18(26)15-4-2-3-5-16(15)22-23-24/h2-9,12H,10-11H2,1H3,(H,21,25)/t12-/m1/s1. The lowest BCUT2D eigenvalue weighted by molar-refractivity contribution is -0.147. The Balaban J connectivity index is 1.49. The summed E-state index contributed by atoms with van der Waals surface area (Å²) in [4.78, 5) is 36.4. The maximum Gasteiger partial charge on any atom is 0.320 e. The number of nitrogens with one attached hydrogen (secondary N) is 1. The van der Waals surface area contributed by atoms with Gasteiger partial charge in [0.2, 0.25) is 5.91 Å². The second-order valence-corrected chi connectivity index (χ2v) is 7.34. The summed E-state index contributed by atoms with van der Waals surface area (Å²) in [7, 11) is 0. The van der Waals surface area contributed by atoms with E-state index < -0.39 is 22.6 Å². The summed E-state index contributed by atoms with van der Waals surface area (Å²) in [6.45, 7) is 1.22. The maximum atomic E-state index is 12.9. The van der Waals surface area contributed by atoms with Crippen molar-refractivity contribution in [3.63, 3.8) is 0 Å². The monoisotopic (exact) mass is 416 g/mol. The summed E-state index contributed by atoms with van der Waals surface area (Å²) in [5.41, 5.74) is 0.500. The average molecular weight is 416 g/mol. The lowest BCUT2D eigenvalue weighted by Crippen LogP contribution is -2.28. The van der Waals surface area contributed by atoms with Crippen LogP contribution in [0.4, 0.5) is 10.1 Å². The van der Waals surface area contributed by atoms with Crippen molar-refractivity contribution in [1.29, 1.82) is 0 Å². The minimum absolute atomic E-state index is 0.00334. The average Bonchev–Trinajstić information content (AvgIpc) is 2.73. The summed E-state index contributed by atoms with van der Waals surface area (Å²) in [6.07, 6.45) is 0. The number of amides is 1. The first-order valence-electron chi connectivity index (χ1n) is 8.60. The Labute approximate surface area is 169 Å². The fourth-order valence-electron chi connectivity index (χ4n) is 2.35. The van der Waals surface area contributed by atoms with E-state index >= 15 is 0 Å². The van der Waals surface area contributed by atoms with Crippen molar-refractivity contribution in [3.05, 3.63) is 64.7 Å². The molecule has 10 heteroatoms. The van der Waals surface area contributed by atoms with Crippen molar-refractivity contribution in [3.8, 4) is 0 Å². The molecule has 0 spiro atoms. The summed E-state index contributed by atoms with van der Waals surface area (Å²) < 4.78 is 18.9. The number of halogens is 1. The molecule has 1 N–H and O–H groups in total. The van der Waals surface area contributed by atoms with Gasteiger partial charge in [-0.25, -0.2) is 4.39 Å². The molecular formula is C19H17FN4O4S. The molecular weight excluding hydrogens is 399 g/mol. The number of ether oxygens (including phenoxy) is 1. The molecule has 1 amide bonds. The van der Waals surface area contributed by atoms with E-state index in [2.05, 4.69) is 15.6 Å². The van der Waals surface area contributed by atoms with Gasteiger partial charge in [-0.1, -0.05) is 17.3 Å². The van der Waals surface area contributed by atoms with Crippen molar-refractivity contribution >= 4 is 40.2 Å². The SMILES string of the molecule is C[C@@H](SCC(=O)Nc1ccc(F)cc1)C(=O)OCn1nnc2ccccc2c1=O. The van der Waals surface area contributed by atoms with Gasteiger partial charge in [0.25, 0.3) is 5.56 Å². The maximum absolute atomic E-state index is 12.9. The first kappa shape index (κ1) is 20.5. The van der Waals surface area contributed by atoms with Crippen LogP contribution < -0.4 is 10.9 Å². The normalized spacial score (nSPS) is 11.8. The molecule has 0 radical (unpaired) electrons. The number of thioether (sulfide) groups is 1. The lowest BCUT2D eigenvalue weighted by atomic mass is 10.2. The van der Waals surface area contributed by atoms with Gasteiger partial charge in [0.15, 0.2) is 6.73 Å². The zero-order valence-electron chi connectivity index (χ0n) is 15.4. The van der Waals surface area contributed by atoms with E-state index in [9.17, 15) is 18.8 Å². The predicted octanol–water partition coefficient (Wildman–Crippen LogP) is 2.19. The van der Waals surface area contributed by atoms with E-state index in [1.807, 2.05) is 0 Å². The summed E-state index contributed by atoms with van der Waals surface area (Å²) in [5, 5.41) is 9.99. The molecule has 2 aromatic carbocycles. The smallest absolute Gasteiger partial charge is 0.320 e. The van der Waals surface area contributed by atoms with E-state index in [1.165, 1.54) is 24.3 Å². The zero-order valence-corrected chi connectivity index (χ0v) is 16.2. The van der Waals surface area contributed by atoms with Crippen molar-refractivity contribution in [2.75, 3.05) is 11.1 Å². The van der Waals surface area contributed by atoms with Crippen LogP contribution in [0, 0.1) is 5.82 Å². The molecule has 3 rings (SSSR count). The van der Waals surface area contributed by atoms with E-state index in [0.717, 1.165) is 16.4 Å². The highest BCUT2D eigenvalue weighted by Crippen LogP contribution is 2.14. The number of rotatable bonds is 7. The van der Waals surface area contributed by atoms with Crippen molar-refractivity contribution in [2.45, 2.75) is 18.9 Å². The third-order valence-corrected chi connectivity index (χ3v) is 5.00. The highest BCUT2D eigenvalue weighted by atomic mass is 32.2. The van der Waals surface area contributed by atoms with Gasteiger partial charge in [-0.2, -0.15) is 4.68 Å².